The highest BCUT2D eigenvalue weighted by molar-refractivity contribution is 6.43. The summed E-state index contributed by atoms with van der Waals surface area (Å²) in [4.78, 5) is 24.2. The SMILES string of the molecule is CCOc1ccc(NC(=O)C(=O)Nc2ccc(OCc3ccccc3)cc2)cc1. The van der Waals surface area contributed by atoms with Crippen LogP contribution in [0.2, 0.25) is 0 Å². The Kier molecular flexibility index (Phi) is 6.84. The number of ether oxygens (including phenoxy) is 2. The molecule has 0 bridgehead atoms. The van der Waals surface area contributed by atoms with Gasteiger partial charge in [0.1, 0.15) is 18.1 Å². The Labute approximate surface area is 169 Å². The first-order valence-corrected chi connectivity index (χ1v) is 9.26. The van der Waals surface area contributed by atoms with Gasteiger partial charge in [0.05, 0.1) is 6.61 Å². The van der Waals surface area contributed by atoms with E-state index in [1.807, 2.05) is 37.3 Å². The molecule has 0 spiro atoms. The van der Waals surface area contributed by atoms with E-state index >= 15 is 0 Å². The van der Waals surface area contributed by atoms with Crippen LogP contribution >= 0.6 is 0 Å². The molecule has 2 amide bonds. The molecule has 0 aromatic heterocycles. The molecule has 0 saturated heterocycles. The summed E-state index contributed by atoms with van der Waals surface area (Å²) >= 11 is 0. The van der Waals surface area contributed by atoms with E-state index in [9.17, 15) is 9.59 Å². The Hall–Kier alpha value is -3.80. The summed E-state index contributed by atoms with van der Waals surface area (Å²) in [6, 6.07) is 23.5. The molecule has 0 radical (unpaired) electrons. The number of benzene rings is 3. The fraction of sp³-hybridized carbons (Fsp3) is 0.130. The maximum absolute atomic E-state index is 12.1. The molecule has 2 N–H and O–H groups in total. The van der Waals surface area contributed by atoms with E-state index in [0.717, 1.165) is 5.56 Å². The number of hydrogen-bond acceptors (Lipinski definition) is 4. The highest BCUT2D eigenvalue weighted by Gasteiger charge is 2.14. The number of hydrogen-bond donors (Lipinski definition) is 2. The van der Waals surface area contributed by atoms with Crippen LogP contribution in [0.1, 0.15) is 12.5 Å². The van der Waals surface area contributed by atoms with Gasteiger partial charge < -0.3 is 20.1 Å². The minimum atomic E-state index is -0.753. The van der Waals surface area contributed by atoms with Crippen LogP contribution < -0.4 is 20.1 Å². The van der Waals surface area contributed by atoms with Crippen molar-refractivity contribution in [3.05, 3.63) is 84.4 Å². The summed E-state index contributed by atoms with van der Waals surface area (Å²) in [6.45, 7) is 2.91. The lowest BCUT2D eigenvalue weighted by Gasteiger charge is -2.09. The predicted molar refractivity (Wildman–Crippen MR) is 112 cm³/mol. The fourth-order valence-corrected chi connectivity index (χ4v) is 2.55. The normalized spacial score (nSPS) is 10.1. The topological polar surface area (TPSA) is 76.7 Å². The molecule has 6 nitrogen and oxygen atoms in total. The second-order valence-electron chi connectivity index (χ2n) is 6.16. The lowest BCUT2D eigenvalue weighted by molar-refractivity contribution is -0.132. The quantitative estimate of drug-likeness (QED) is 0.592. The average Bonchev–Trinajstić information content (AvgIpc) is 2.75. The Morgan fingerprint density at radius 1 is 0.690 bits per heavy atom. The Morgan fingerprint density at radius 3 is 1.66 bits per heavy atom. The molecule has 0 heterocycles. The van der Waals surface area contributed by atoms with E-state index in [1.165, 1.54) is 0 Å². The van der Waals surface area contributed by atoms with E-state index in [4.69, 9.17) is 9.47 Å². The summed E-state index contributed by atoms with van der Waals surface area (Å²) in [5, 5.41) is 5.11. The summed E-state index contributed by atoms with van der Waals surface area (Å²) in [7, 11) is 0. The van der Waals surface area contributed by atoms with Crippen molar-refractivity contribution in [2.45, 2.75) is 13.5 Å². The van der Waals surface area contributed by atoms with Gasteiger partial charge >= 0.3 is 11.8 Å². The summed E-state index contributed by atoms with van der Waals surface area (Å²) < 4.78 is 11.0. The van der Waals surface area contributed by atoms with Crippen molar-refractivity contribution >= 4 is 23.2 Å². The van der Waals surface area contributed by atoms with Crippen LogP contribution in [-0.4, -0.2) is 18.4 Å². The molecule has 6 heteroatoms. The van der Waals surface area contributed by atoms with Crippen molar-refractivity contribution in [2.24, 2.45) is 0 Å². The Balaban J connectivity index is 1.49. The maximum Gasteiger partial charge on any atom is 0.314 e. The standard InChI is InChI=1S/C23H22N2O4/c1-2-28-20-12-8-18(9-13-20)24-22(26)23(27)25-19-10-14-21(15-11-19)29-16-17-6-4-3-5-7-17/h3-15H,2,16H2,1H3,(H,24,26)(H,25,27). The van der Waals surface area contributed by atoms with E-state index < -0.39 is 11.8 Å². The Morgan fingerprint density at radius 2 is 1.17 bits per heavy atom. The monoisotopic (exact) mass is 390 g/mol. The van der Waals surface area contributed by atoms with Gasteiger partial charge in [-0.2, -0.15) is 0 Å². The molecule has 0 aliphatic heterocycles. The van der Waals surface area contributed by atoms with Crippen LogP contribution in [0, 0.1) is 0 Å². The molecule has 0 fully saturated rings. The molecule has 0 atom stereocenters. The van der Waals surface area contributed by atoms with Crippen LogP contribution in [0.25, 0.3) is 0 Å². The maximum atomic E-state index is 12.1. The minimum Gasteiger partial charge on any atom is -0.494 e. The van der Waals surface area contributed by atoms with E-state index in [-0.39, 0.29) is 0 Å². The number of carbonyl (C=O) groups excluding carboxylic acids is 2. The molecule has 0 aliphatic carbocycles. The molecule has 0 saturated carbocycles. The zero-order valence-corrected chi connectivity index (χ0v) is 16.1. The molecule has 3 aromatic carbocycles. The number of nitrogens with one attached hydrogen (secondary N) is 2. The lowest BCUT2D eigenvalue weighted by Crippen LogP contribution is -2.29. The van der Waals surface area contributed by atoms with Gasteiger partial charge in [-0.3, -0.25) is 9.59 Å². The van der Waals surface area contributed by atoms with Crippen molar-refractivity contribution in [1.29, 1.82) is 0 Å². The third kappa shape index (κ3) is 6.10. The van der Waals surface area contributed by atoms with E-state index in [0.29, 0.717) is 36.1 Å². The highest BCUT2D eigenvalue weighted by atomic mass is 16.5. The van der Waals surface area contributed by atoms with Crippen LogP contribution in [0.5, 0.6) is 11.5 Å². The second kappa shape index (κ2) is 9.94. The first-order valence-electron chi connectivity index (χ1n) is 9.26. The van der Waals surface area contributed by atoms with Crippen molar-refractivity contribution in [1.82, 2.24) is 0 Å². The lowest BCUT2D eigenvalue weighted by atomic mass is 10.2. The fourth-order valence-electron chi connectivity index (χ4n) is 2.55. The van der Waals surface area contributed by atoms with Gasteiger partial charge in [-0.05, 0) is 61.0 Å². The third-order valence-electron chi connectivity index (χ3n) is 3.99. The van der Waals surface area contributed by atoms with Gasteiger partial charge in [-0.15, -0.1) is 0 Å². The first-order chi connectivity index (χ1) is 14.1. The van der Waals surface area contributed by atoms with Crippen LogP contribution in [-0.2, 0) is 16.2 Å². The van der Waals surface area contributed by atoms with Gasteiger partial charge in [0, 0.05) is 11.4 Å². The van der Waals surface area contributed by atoms with Crippen molar-refractivity contribution in [3.8, 4) is 11.5 Å². The van der Waals surface area contributed by atoms with Gasteiger partial charge in [0.15, 0.2) is 0 Å². The van der Waals surface area contributed by atoms with Crippen molar-refractivity contribution < 1.29 is 19.1 Å². The van der Waals surface area contributed by atoms with Crippen LogP contribution in [0.4, 0.5) is 11.4 Å². The van der Waals surface area contributed by atoms with E-state index in [2.05, 4.69) is 10.6 Å². The molecule has 29 heavy (non-hydrogen) atoms. The smallest absolute Gasteiger partial charge is 0.314 e. The molecule has 3 rings (SSSR count). The predicted octanol–water partition coefficient (Wildman–Crippen LogP) is 4.24. The molecule has 0 unspecified atom stereocenters. The van der Waals surface area contributed by atoms with Crippen molar-refractivity contribution in [3.63, 3.8) is 0 Å². The number of rotatable bonds is 7. The average molecular weight is 390 g/mol. The Bertz CT molecular complexity index is 939. The minimum absolute atomic E-state index is 0.455. The molecule has 0 aliphatic rings. The molecule has 148 valence electrons. The van der Waals surface area contributed by atoms with Gasteiger partial charge in [-0.1, -0.05) is 30.3 Å². The third-order valence-corrected chi connectivity index (χ3v) is 3.99. The zero-order chi connectivity index (χ0) is 20.5. The van der Waals surface area contributed by atoms with Gasteiger partial charge in [0.25, 0.3) is 0 Å². The summed E-state index contributed by atoms with van der Waals surface area (Å²) in [5.41, 5.74) is 2.08. The van der Waals surface area contributed by atoms with E-state index in [1.54, 1.807) is 48.5 Å². The molecular formula is C23H22N2O4. The second-order valence-corrected chi connectivity index (χ2v) is 6.16. The highest BCUT2D eigenvalue weighted by Crippen LogP contribution is 2.18. The van der Waals surface area contributed by atoms with Crippen molar-refractivity contribution in [2.75, 3.05) is 17.2 Å². The molecule has 3 aromatic rings. The number of anilines is 2. The largest absolute Gasteiger partial charge is 0.494 e. The number of amides is 2. The molecular weight excluding hydrogens is 368 g/mol. The van der Waals surface area contributed by atoms with Gasteiger partial charge in [0.2, 0.25) is 0 Å². The van der Waals surface area contributed by atoms with Crippen LogP contribution in [0.3, 0.4) is 0 Å². The zero-order valence-electron chi connectivity index (χ0n) is 16.1. The number of carbonyl (C=O) groups is 2. The first kappa shape index (κ1) is 19.9. The summed E-state index contributed by atoms with van der Waals surface area (Å²) in [6.07, 6.45) is 0. The summed E-state index contributed by atoms with van der Waals surface area (Å²) in [5.74, 6) is -0.134. The van der Waals surface area contributed by atoms with Gasteiger partial charge in [-0.25, -0.2) is 0 Å². The van der Waals surface area contributed by atoms with Crippen LogP contribution in [0.15, 0.2) is 78.9 Å².